The van der Waals surface area contributed by atoms with Crippen molar-refractivity contribution in [2.45, 2.75) is 53.2 Å². The highest BCUT2D eigenvalue weighted by Crippen LogP contribution is 2.46. The maximum atomic E-state index is 12.6. The number of hydrogen-bond acceptors (Lipinski definition) is 25. The van der Waals surface area contributed by atoms with Gasteiger partial charge < -0.3 is 19.9 Å². The van der Waals surface area contributed by atoms with Crippen LogP contribution in [0.25, 0.3) is 37.7 Å². The number of nitrogens with one attached hydrogen (secondary N) is 1. The van der Waals surface area contributed by atoms with Crippen molar-refractivity contribution in [3.05, 3.63) is 77.4 Å². The average molecular weight is 1280 g/mol. The van der Waals surface area contributed by atoms with Crippen LogP contribution >= 0.6 is 23.1 Å². The Balaban J connectivity index is 1.22. The number of rotatable bonds is 21. The minimum absolute atomic E-state index is 0.0109. The molecule has 0 aliphatic rings. The second-order valence-electron chi connectivity index (χ2n) is 17.6. The summed E-state index contributed by atoms with van der Waals surface area (Å²) in [5.41, 5.74) is -1.26. The molecule has 0 bridgehead atoms. The number of aromatic nitrogens is 3. The van der Waals surface area contributed by atoms with Crippen molar-refractivity contribution in [2.24, 2.45) is 30.7 Å². The SMILES string of the molecule is COc1cc(S(=O)(=O)O)c2c(c1)nc1c(C#N)c(C)c(N=Nc3cc(C)c(N=Nc4cc(NC(C)=O)c(N=Nc5nc6c(S(=O)(=O)O)cc7cc(S(=O)(=O)O)ccc7c6s5)cc4SCCCS(=O)(=O)O)cc3OCCCS(=O)(=O)O)c(O)n12. The molecule has 0 saturated heterocycles. The molecule has 0 fully saturated rings. The number of fused-ring (bicyclic) bond motifs is 6. The Labute approximate surface area is 478 Å². The first-order valence-corrected chi connectivity index (χ1v) is 32.6. The first-order valence-electron chi connectivity index (χ1n) is 23.2. The third kappa shape index (κ3) is 14.0. The molecule has 8 rings (SSSR count). The van der Waals surface area contributed by atoms with Gasteiger partial charge in [-0.05, 0) is 79.8 Å². The molecule has 8 aromatic rings. The number of thiazole rings is 1. The van der Waals surface area contributed by atoms with Crippen LogP contribution in [0.5, 0.6) is 17.4 Å². The number of benzene rings is 5. The molecule has 0 aliphatic carbocycles. The number of imidazole rings is 1. The van der Waals surface area contributed by atoms with E-state index in [2.05, 4.69) is 46.0 Å². The summed E-state index contributed by atoms with van der Waals surface area (Å²) in [5, 5.41) is 50.4. The van der Waals surface area contributed by atoms with Crippen molar-refractivity contribution in [2.75, 3.05) is 36.3 Å². The molecule has 30 nitrogen and oxygen atoms in total. The number of thioether (sulfide) groups is 1. The summed E-state index contributed by atoms with van der Waals surface area (Å²) >= 11 is 1.79. The molecule has 0 saturated carbocycles. The highest BCUT2D eigenvalue weighted by atomic mass is 32.2. The van der Waals surface area contributed by atoms with Gasteiger partial charge >= 0.3 is 0 Å². The summed E-state index contributed by atoms with van der Waals surface area (Å²) < 4.78 is 181. The van der Waals surface area contributed by atoms with Crippen LogP contribution in [0.2, 0.25) is 0 Å². The fourth-order valence-corrected chi connectivity index (χ4v) is 13.1. The lowest BCUT2D eigenvalue weighted by Crippen LogP contribution is -2.08. The molecule has 0 atom stereocenters. The molecular formula is C46H41N11O19S7. The molecule has 0 radical (unpaired) electrons. The first-order chi connectivity index (χ1) is 38.7. The van der Waals surface area contributed by atoms with Gasteiger partial charge in [-0.3, -0.25) is 32.0 Å². The minimum Gasteiger partial charge on any atom is -0.497 e. The lowest BCUT2D eigenvalue weighted by atomic mass is 10.1. The van der Waals surface area contributed by atoms with Crippen LogP contribution in [0.1, 0.15) is 36.5 Å². The molecule has 0 spiro atoms. The number of azo groups is 3. The maximum absolute atomic E-state index is 12.6. The van der Waals surface area contributed by atoms with Crippen LogP contribution in [-0.2, 0) is 55.4 Å². The van der Waals surface area contributed by atoms with Crippen LogP contribution in [-0.4, -0.2) is 121 Å². The van der Waals surface area contributed by atoms with Crippen molar-refractivity contribution in [3.8, 4) is 23.4 Å². The molecular weight excluding hydrogens is 1240 g/mol. The van der Waals surface area contributed by atoms with E-state index in [4.69, 9.17) is 9.47 Å². The molecule has 83 heavy (non-hydrogen) atoms. The number of pyridine rings is 1. The topological polar surface area (TPSA) is 468 Å². The Morgan fingerprint density at radius 3 is 2.06 bits per heavy atom. The molecule has 1 amide bonds. The number of aromatic hydroxyl groups is 1. The van der Waals surface area contributed by atoms with E-state index in [-0.39, 0.29) is 130 Å². The molecule has 0 aliphatic heterocycles. The predicted octanol–water partition coefficient (Wildman–Crippen LogP) is 9.42. The molecule has 5 aromatic carbocycles. The molecule has 7 N–H and O–H groups in total. The number of nitriles is 1. The summed E-state index contributed by atoms with van der Waals surface area (Å²) in [7, 11) is -22.3. The number of carbonyl (C=O) groups is 1. The number of ether oxygens (including phenoxy) is 2. The number of anilines is 1. The van der Waals surface area contributed by atoms with Crippen molar-refractivity contribution in [1.29, 1.82) is 5.26 Å². The van der Waals surface area contributed by atoms with Crippen LogP contribution in [0.3, 0.4) is 0 Å². The van der Waals surface area contributed by atoms with Crippen molar-refractivity contribution >= 4 is 157 Å². The minimum atomic E-state index is -5.02. The van der Waals surface area contributed by atoms with Gasteiger partial charge in [0.25, 0.3) is 50.6 Å². The maximum Gasteiger partial charge on any atom is 0.296 e. The van der Waals surface area contributed by atoms with Gasteiger partial charge in [-0.15, -0.1) is 37.3 Å². The number of hydrogen-bond donors (Lipinski definition) is 7. The van der Waals surface area contributed by atoms with Crippen LogP contribution in [0.15, 0.2) is 111 Å². The van der Waals surface area contributed by atoms with E-state index in [1.165, 1.54) is 57.4 Å². The lowest BCUT2D eigenvalue weighted by Gasteiger charge is -2.13. The average Bonchev–Trinajstić information content (AvgIpc) is 1.90. The van der Waals surface area contributed by atoms with E-state index in [1.54, 1.807) is 6.92 Å². The summed E-state index contributed by atoms with van der Waals surface area (Å²) in [6.07, 6.45) is -0.325. The Hall–Kier alpha value is -7.74. The lowest BCUT2D eigenvalue weighted by molar-refractivity contribution is -0.114. The van der Waals surface area contributed by atoms with Gasteiger partial charge in [0.1, 0.15) is 55.5 Å². The second kappa shape index (κ2) is 23.5. The first kappa shape index (κ1) is 61.3. The smallest absolute Gasteiger partial charge is 0.296 e. The van der Waals surface area contributed by atoms with E-state index < -0.39 is 88.6 Å². The quantitative estimate of drug-likeness (QED) is 0.0152. The highest BCUT2D eigenvalue weighted by molar-refractivity contribution is 7.99. The zero-order valence-corrected chi connectivity index (χ0v) is 48.6. The summed E-state index contributed by atoms with van der Waals surface area (Å²) in [6.45, 7) is 3.77. The summed E-state index contributed by atoms with van der Waals surface area (Å²) in [4.78, 5) is 19.4. The van der Waals surface area contributed by atoms with Gasteiger partial charge in [-0.25, -0.2) is 9.97 Å². The van der Waals surface area contributed by atoms with Gasteiger partial charge in [0.05, 0.1) is 57.2 Å². The highest BCUT2D eigenvalue weighted by Gasteiger charge is 2.28. The zero-order valence-electron chi connectivity index (χ0n) is 42.8. The van der Waals surface area contributed by atoms with E-state index in [9.17, 15) is 80.0 Å². The number of nitrogens with zero attached hydrogens (tertiary/aromatic N) is 10. The largest absolute Gasteiger partial charge is 0.497 e. The van der Waals surface area contributed by atoms with Gasteiger partial charge in [0.2, 0.25) is 16.9 Å². The fraction of sp³-hybridized carbons (Fsp3) is 0.217. The summed E-state index contributed by atoms with van der Waals surface area (Å²) in [5.74, 6) is -2.86. The van der Waals surface area contributed by atoms with Gasteiger partial charge in [0.15, 0.2) is 11.3 Å². The van der Waals surface area contributed by atoms with Crippen molar-refractivity contribution in [1.82, 2.24) is 14.4 Å². The van der Waals surface area contributed by atoms with Crippen LogP contribution in [0, 0.1) is 25.2 Å². The Bertz CT molecular complexity index is 4770. The van der Waals surface area contributed by atoms with Crippen LogP contribution in [0.4, 0.5) is 39.3 Å². The van der Waals surface area contributed by atoms with Crippen molar-refractivity contribution < 1.29 is 84.2 Å². The second-order valence-corrected chi connectivity index (χ2v) is 27.1. The number of aryl methyl sites for hydroxylation is 1. The summed E-state index contributed by atoms with van der Waals surface area (Å²) in [6, 6.07) is 13.9. The molecule has 0 unspecified atom stereocenters. The molecule has 37 heteroatoms. The third-order valence-electron chi connectivity index (χ3n) is 11.7. The Morgan fingerprint density at radius 2 is 1.42 bits per heavy atom. The standard InChI is InChI=1S/C46H41N11O19S7/c1-22-13-33(53-55-40-23(2)29(21-47)44-49-35-16-26(75-4)17-39(83(72,73)74)42(35)57(44)45(40)59)36(76-9-5-11-79(60,61)62)19-30(22)51-54-34-18-31(48-24(3)58)32(20-37(34)77-10-6-12-80(63,64)65)52-56-46-50-41-38(82(69,70)71)15-25-14-27(81(66,67)68)7-8-28(25)43(41)78-46/h7-8,13-20,59H,5-6,9-12H2,1-4H3,(H,48,58)(H,60,61,62)(H,63,64,65)(H,66,67,68)(H,69,70,71)(H,72,73,74). The van der Waals surface area contributed by atoms with E-state index in [1.807, 2.05) is 6.07 Å². The predicted molar refractivity (Wildman–Crippen MR) is 300 cm³/mol. The monoisotopic (exact) mass is 1280 g/mol. The number of carbonyl (C=O) groups excluding carboxylic acids is 1. The van der Waals surface area contributed by atoms with Crippen LogP contribution < -0.4 is 14.8 Å². The Morgan fingerprint density at radius 1 is 0.759 bits per heavy atom. The van der Waals surface area contributed by atoms with Gasteiger partial charge in [-0.2, -0.15) is 52.5 Å². The third-order valence-corrected chi connectivity index (χ3v) is 18.0. The Kier molecular flexibility index (Phi) is 17.4. The van der Waals surface area contributed by atoms with Gasteiger partial charge in [0, 0.05) is 41.0 Å². The fourth-order valence-electron chi connectivity index (χ4n) is 8.03. The van der Waals surface area contributed by atoms with E-state index in [0.717, 1.165) is 51.8 Å². The molecule has 3 heterocycles. The number of amides is 1. The van der Waals surface area contributed by atoms with E-state index >= 15 is 0 Å². The van der Waals surface area contributed by atoms with E-state index in [0.29, 0.717) is 5.56 Å². The van der Waals surface area contributed by atoms with Gasteiger partial charge in [-0.1, -0.05) is 17.4 Å². The molecule has 436 valence electrons. The van der Waals surface area contributed by atoms with Crippen molar-refractivity contribution in [3.63, 3.8) is 0 Å². The normalized spacial score (nSPS) is 12.9. The molecule has 3 aromatic heterocycles. The number of methoxy groups -OCH3 is 1. The zero-order chi connectivity index (χ0) is 60.7.